The van der Waals surface area contributed by atoms with E-state index < -0.39 is 10.0 Å². The Morgan fingerprint density at radius 1 is 1.07 bits per heavy atom. The third-order valence-electron chi connectivity index (χ3n) is 4.99. The van der Waals surface area contributed by atoms with Gasteiger partial charge >= 0.3 is 0 Å². The molecule has 1 aliphatic carbocycles. The van der Waals surface area contributed by atoms with Gasteiger partial charge in [0.25, 0.3) is 5.91 Å². The number of ketones is 1. The zero-order valence-electron chi connectivity index (χ0n) is 17.1. The number of Topliss-reactive ketones (excluding diaryl/α,β-unsaturated/α-hetero) is 1. The molecule has 2 aromatic rings. The number of hydrogen-bond acceptors (Lipinski definition) is 5. The lowest BCUT2D eigenvalue weighted by molar-refractivity contribution is -0.118. The van der Waals surface area contributed by atoms with E-state index in [-0.39, 0.29) is 23.1 Å². The Kier molecular flexibility index (Phi) is 6.79. The van der Waals surface area contributed by atoms with Crippen LogP contribution in [0.5, 0.6) is 0 Å². The summed E-state index contributed by atoms with van der Waals surface area (Å²) >= 11 is 0. The van der Waals surface area contributed by atoms with Gasteiger partial charge in [-0.2, -0.15) is 9.41 Å². The molecule has 1 N–H and O–H groups in total. The summed E-state index contributed by atoms with van der Waals surface area (Å²) in [6.07, 6.45) is 2.34. The van der Waals surface area contributed by atoms with E-state index >= 15 is 0 Å². The summed E-state index contributed by atoms with van der Waals surface area (Å²) in [5, 5.41) is 4.06. The van der Waals surface area contributed by atoms with Crippen molar-refractivity contribution in [2.45, 2.75) is 44.0 Å². The molecule has 0 atom stereocenters. The number of hydrazone groups is 1. The average Bonchev–Trinajstić information content (AvgIpc) is 2.73. The number of sulfonamides is 1. The molecular formula is C22H25N3O4S. The topological polar surface area (TPSA) is 95.9 Å². The fourth-order valence-electron chi connectivity index (χ4n) is 3.18. The summed E-state index contributed by atoms with van der Waals surface area (Å²) in [7, 11) is -2.07. The summed E-state index contributed by atoms with van der Waals surface area (Å²) in [5.74, 6) is -0.226. The van der Waals surface area contributed by atoms with Crippen molar-refractivity contribution in [3.63, 3.8) is 0 Å². The first-order chi connectivity index (χ1) is 14.3. The summed E-state index contributed by atoms with van der Waals surface area (Å²) in [6.45, 7) is 2.08. The molecule has 1 fully saturated rings. The van der Waals surface area contributed by atoms with E-state index in [4.69, 9.17) is 0 Å². The molecule has 0 heterocycles. The maximum Gasteiger partial charge on any atom is 0.271 e. The number of amides is 1. The van der Waals surface area contributed by atoms with Gasteiger partial charge in [0.2, 0.25) is 10.0 Å². The third-order valence-corrected chi connectivity index (χ3v) is 6.81. The molecule has 1 saturated carbocycles. The summed E-state index contributed by atoms with van der Waals surface area (Å²) < 4.78 is 26.7. The molecular weight excluding hydrogens is 402 g/mol. The third kappa shape index (κ3) is 5.40. The van der Waals surface area contributed by atoms with Crippen molar-refractivity contribution in [1.82, 2.24) is 9.73 Å². The van der Waals surface area contributed by atoms with Gasteiger partial charge in [-0.05, 0) is 49.6 Å². The van der Waals surface area contributed by atoms with Crippen LogP contribution in [0.3, 0.4) is 0 Å². The van der Waals surface area contributed by atoms with Crippen molar-refractivity contribution in [2.75, 3.05) is 7.05 Å². The number of nitrogens with zero attached hydrogens (tertiary/aromatic N) is 2. The molecule has 1 amide bonds. The van der Waals surface area contributed by atoms with Crippen LogP contribution in [-0.4, -0.2) is 37.2 Å². The lowest BCUT2D eigenvalue weighted by Crippen LogP contribution is -2.26. The summed E-state index contributed by atoms with van der Waals surface area (Å²) in [5.41, 5.74) is 5.34. The molecule has 0 saturated heterocycles. The number of nitrogens with one attached hydrogen (secondary N) is 1. The van der Waals surface area contributed by atoms with Gasteiger partial charge in [-0.1, -0.05) is 29.8 Å². The zero-order valence-corrected chi connectivity index (χ0v) is 17.9. The Morgan fingerprint density at radius 2 is 1.73 bits per heavy atom. The van der Waals surface area contributed by atoms with Gasteiger partial charge in [0.1, 0.15) is 5.78 Å². The molecule has 8 heteroatoms. The molecule has 0 aliphatic heterocycles. The Balaban J connectivity index is 1.62. The molecule has 0 aromatic heterocycles. The Labute approximate surface area is 176 Å². The molecule has 0 radical (unpaired) electrons. The predicted octanol–water partition coefficient (Wildman–Crippen LogP) is 3.04. The lowest BCUT2D eigenvalue weighted by atomic mass is 9.97. The van der Waals surface area contributed by atoms with Crippen LogP contribution in [0.25, 0.3) is 0 Å². The summed E-state index contributed by atoms with van der Waals surface area (Å²) in [4.78, 5) is 24.0. The highest BCUT2D eigenvalue weighted by Crippen LogP contribution is 2.18. The first kappa shape index (κ1) is 21.9. The van der Waals surface area contributed by atoms with E-state index in [9.17, 15) is 18.0 Å². The molecule has 1 aliphatic rings. The molecule has 0 bridgehead atoms. The van der Waals surface area contributed by atoms with Crippen LogP contribution in [0.15, 0.2) is 58.5 Å². The normalized spacial score (nSPS) is 16.1. The average molecular weight is 428 g/mol. The van der Waals surface area contributed by atoms with Gasteiger partial charge in [-0.15, -0.1) is 0 Å². The maximum absolute atomic E-state index is 12.7. The van der Waals surface area contributed by atoms with Crippen LogP contribution in [-0.2, 0) is 21.4 Å². The molecule has 0 spiro atoms. The first-order valence-corrected chi connectivity index (χ1v) is 11.2. The van der Waals surface area contributed by atoms with Crippen LogP contribution in [0.1, 0.15) is 47.2 Å². The molecule has 0 unspecified atom stereocenters. The fraction of sp³-hybridized carbons (Fsp3) is 0.318. The number of hydrogen-bond donors (Lipinski definition) is 1. The maximum atomic E-state index is 12.7. The van der Waals surface area contributed by atoms with Crippen LogP contribution in [0.4, 0.5) is 0 Å². The highest BCUT2D eigenvalue weighted by atomic mass is 32.2. The number of benzene rings is 2. The van der Waals surface area contributed by atoms with Gasteiger partial charge in [0.05, 0.1) is 4.90 Å². The Morgan fingerprint density at radius 3 is 2.37 bits per heavy atom. The van der Waals surface area contributed by atoms with Gasteiger partial charge in [0, 0.05) is 37.7 Å². The molecule has 3 rings (SSSR count). The van der Waals surface area contributed by atoms with Crippen LogP contribution < -0.4 is 5.43 Å². The van der Waals surface area contributed by atoms with Gasteiger partial charge in [0.15, 0.2) is 0 Å². The van der Waals surface area contributed by atoms with Crippen molar-refractivity contribution >= 4 is 27.4 Å². The standard InChI is InChI=1S/C22H25N3O4S/c1-16-6-12-21(13-7-16)30(28,29)25(2)15-17-8-10-18(11-9-17)22(27)24-23-19-4-3-5-20(26)14-19/h6-13H,3-5,14-15H2,1-2H3,(H,24,27)/b23-19-. The Hall–Kier alpha value is -2.84. The summed E-state index contributed by atoms with van der Waals surface area (Å²) in [6, 6.07) is 13.4. The predicted molar refractivity (Wildman–Crippen MR) is 115 cm³/mol. The first-order valence-electron chi connectivity index (χ1n) is 9.75. The molecule has 158 valence electrons. The van der Waals surface area contributed by atoms with Crippen LogP contribution in [0.2, 0.25) is 0 Å². The molecule has 2 aromatic carbocycles. The van der Waals surface area contributed by atoms with E-state index in [1.165, 1.54) is 11.4 Å². The van der Waals surface area contributed by atoms with E-state index in [1.807, 2.05) is 6.92 Å². The second kappa shape index (κ2) is 9.32. The molecule has 7 nitrogen and oxygen atoms in total. The van der Waals surface area contributed by atoms with Crippen molar-refractivity contribution in [3.05, 3.63) is 65.2 Å². The highest BCUT2D eigenvalue weighted by Gasteiger charge is 2.21. The van der Waals surface area contributed by atoms with Gasteiger partial charge in [-0.25, -0.2) is 13.8 Å². The minimum absolute atomic E-state index is 0.142. The van der Waals surface area contributed by atoms with E-state index in [0.29, 0.717) is 30.5 Å². The lowest BCUT2D eigenvalue weighted by Gasteiger charge is -2.17. The van der Waals surface area contributed by atoms with Gasteiger partial charge < -0.3 is 0 Å². The number of aryl methyl sites for hydroxylation is 1. The monoisotopic (exact) mass is 427 g/mol. The number of carbonyl (C=O) groups excluding carboxylic acids is 2. The van der Waals surface area contributed by atoms with E-state index in [0.717, 1.165) is 17.5 Å². The highest BCUT2D eigenvalue weighted by molar-refractivity contribution is 7.89. The van der Waals surface area contributed by atoms with Gasteiger partial charge in [-0.3, -0.25) is 9.59 Å². The quantitative estimate of drug-likeness (QED) is 0.717. The minimum Gasteiger partial charge on any atom is -0.299 e. The SMILES string of the molecule is Cc1ccc(S(=O)(=O)N(C)Cc2ccc(C(=O)N/N=C3/CCCC(=O)C3)cc2)cc1. The second-order valence-electron chi connectivity index (χ2n) is 7.46. The number of carbonyl (C=O) groups is 2. The smallest absolute Gasteiger partial charge is 0.271 e. The Bertz CT molecular complexity index is 1060. The van der Waals surface area contributed by atoms with Crippen molar-refractivity contribution in [2.24, 2.45) is 5.10 Å². The van der Waals surface area contributed by atoms with Crippen molar-refractivity contribution < 1.29 is 18.0 Å². The minimum atomic E-state index is -3.60. The van der Waals surface area contributed by atoms with Crippen LogP contribution in [0, 0.1) is 6.92 Å². The second-order valence-corrected chi connectivity index (χ2v) is 9.50. The van der Waals surface area contributed by atoms with Crippen molar-refractivity contribution in [1.29, 1.82) is 0 Å². The zero-order chi connectivity index (χ0) is 21.7. The number of rotatable bonds is 6. The van der Waals surface area contributed by atoms with E-state index in [1.54, 1.807) is 48.5 Å². The van der Waals surface area contributed by atoms with E-state index in [2.05, 4.69) is 10.5 Å². The fourth-order valence-corrected chi connectivity index (χ4v) is 4.34. The largest absolute Gasteiger partial charge is 0.299 e. The van der Waals surface area contributed by atoms with Crippen molar-refractivity contribution in [3.8, 4) is 0 Å². The van der Waals surface area contributed by atoms with Crippen LogP contribution >= 0.6 is 0 Å². The molecule has 30 heavy (non-hydrogen) atoms.